The van der Waals surface area contributed by atoms with Gasteiger partial charge in [-0.2, -0.15) is 18.3 Å². The van der Waals surface area contributed by atoms with E-state index >= 15 is 0 Å². The van der Waals surface area contributed by atoms with Crippen molar-refractivity contribution in [3.63, 3.8) is 0 Å². The van der Waals surface area contributed by atoms with Crippen molar-refractivity contribution in [2.24, 2.45) is 0 Å². The van der Waals surface area contributed by atoms with Crippen molar-refractivity contribution in [2.45, 2.75) is 24.0 Å². The zero-order valence-electron chi connectivity index (χ0n) is 8.29. The molecule has 0 amide bonds. The van der Waals surface area contributed by atoms with Crippen LogP contribution in [0.1, 0.15) is 13.0 Å². The highest BCUT2D eigenvalue weighted by Gasteiger charge is 2.39. The van der Waals surface area contributed by atoms with Crippen LogP contribution in [0.15, 0.2) is 15.7 Å². The summed E-state index contributed by atoms with van der Waals surface area (Å²) in [6, 6.07) is -1.89. The fraction of sp³-hybridized carbons (Fsp3) is 0.571. The number of aromatic nitrogens is 2. The minimum absolute atomic E-state index is 0.195. The van der Waals surface area contributed by atoms with E-state index in [1.54, 1.807) is 0 Å². The predicted molar refractivity (Wildman–Crippen MR) is 53.8 cm³/mol. The fourth-order valence-electron chi connectivity index (χ4n) is 0.989. The van der Waals surface area contributed by atoms with Crippen LogP contribution < -0.4 is 0 Å². The predicted octanol–water partition coefficient (Wildman–Crippen LogP) is 2.17. The summed E-state index contributed by atoms with van der Waals surface area (Å²) in [6.07, 6.45) is -2.69. The van der Waals surface area contributed by atoms with Crippen molar-refractivity contribution in [3.05, 3.63) is 10.8 Å². The van der Waals surface area contributed by atoms with E-state index in [-0.39, 0.29) is 9.50 Å². The minimum atomic E-state index is -4.48. The topological polar surface area (TPSA) is 52.0 Å². The third kappa shape index (κ3) is 2.57. The molecule has 0 N–H and O–H groups in total. The Labute approximate surface area is 98.5 Å². The van der Waals surface area contributed by atoms with Crippen LogP contribution in [0.4, 0.5) is 13.2 Å². The van der Waals surface area contributed by atoms with Gasteiger partial charge in [0.05, 0.1) is 6.20 Å². The van der Waals surface area contributed by atoms with Gasteiger partial charge >= 0.3 is 6.18 Å². The maximum atomic E-state index is 12.4. The Kier molecular flexibility index (Phi) is 3.39. The molecule has 0 aromatic carbocycles. The Morgan fingerprint density at radius 2 is 2.00 bits per heavy atom. The first kappa shape index (κ1) is 13.5. The number of rotatable bonds is 2. The lowest BCUT2D eigenvalue weighted by molar-refractivity contribution is -0.165. The van der Waals surface area contributed by atoms with E-state index in [9.17, 15) is 21.6 Å². The highest BCUT2D eigenvalue weighted by molar-refractivity contribution is 9.10. The molecule has 16 heavy (non-hydrogen) atoms. The summed E-state index contributed by atoms with van der Waals surface area (Å²) in [5.74, 6) is 0. The normalized spacial score (nSPS) is 15.1. The molecule has 0 aliphatic carbocycles. The first-order valence-corrected chi connectivity index (χ1v) is 6.73. The monoisotopic (exact) mass is 320 g/mol. The summed E-state index contributed by atoms with van der Waals surface area (Å²) in [7, 11) is -3.59. The minimum Gasteiger partial charge on any atom is -0.245 e. The van der Waals surface area contributed by atoms with Crippen LogP contribution in [0, 0.1) is 0 Å². The van der Waals surface area contributed by atoms with E-state index in [1.165, 1.54) is 0 Å². The molecule has 0 aliphatic heterocycles. The average Bonchev–Trinajstić information content (AvgIpc) is 2.42. The highest BCUT2D eigenvalue weighted by Crippen LogP contribution is 2.33. The van der Waals surface area contributed by atoms with E-state index in [2.05, 4.69) is 21.0 Å². The van der Waals surface area contributed by atoms with Gasteiger partial charge in [0, 0.05) is 6.26 Å². The van der Waals surface area contributed by atoms with E-state index < -0.39 is 22.1 Å². The molecule has 4 nitrogen and oxygen atoms in total. The zero-order valence-corrected chi connectivity index (χ0v) is 10.7. The maximum absolute atomic E-state index is 12.4. The molecule has 1 aromatic heterocycles. The molecule has 1 aromatic rings. The second kappa shape index (κ2) is 4.02. The van der Waals surface area contributed by atoms with Crippen LogP contribution in [-0.4, -0.2) is 30.6 Å². The van der Waals surface area contributed by atoms with Crippen LogP contribution in [0.5, 0.6) is 0 Å². The summed E-state index contributed by atoms with van der Waals surface area (Å²) in [4.78, 5) is -0.261. The van der Waals surface area contributed by atoms with Crippen molar-refractivity contribution >= 4 is 25.8 Å². The molecule has 0 saturated carbocycles. The quantitative estimate of drug-likeness (QED) is 0.839. The average molecular weight is 321 g/mol. The van der Waals surface area contributed by atoms with E-state index in [0.717, 1.165) is 19.4 Å². The zero-order chi connectivity index (χ0) is 12.7. The number of hydrogen-bond acceptors (Lipinski definition) is 3. The number of nitrogens with zero attached hydrogens (tertiary/aromatic N) is 2. The first-order valence-electron chi connectivity index (χ1n) is 4.05. The van der Waals surface area contributed by atoms with Gasteiger partial charge in [-0.05, 0) is 22.9 Å². The van der Waals surface area contributed by atoms with Crippen molar-refractivity contribution in [3.8, 4) is 0 Å². The molecule has 1 rings (SSSR count). The molecule has 0 fully saturated rings. The van der Waals surface area contributed by atoms with Gasteiger partial charge in [0.15, 0.2) is 9.84 Å². The molecule has 0 spiro atoms. The SMILES string of the molecule is CC(n1ncc(S(C)(=O)=O)c1Br)C(F)(F)F. The first-order chi connectivity index (χ1) is 7.05. The van der Waals surface area contributed by atoms with Crippen molar-refractivity contribution in [1.82, 2.24) is 9.78 Å². The number of halogens is 4. The number of sulfone groups is 1. The van der Waals surface area contributed by atoms with E-state index in [4.69, 9.17) is 0 Å². The van der Waals surface area contributed by atoms with Gasteiger partial charge in [-0.15, -0.1) is 0 Å². The molecular formula is C7H8BrF3N2O2S. The lowest BCUT2D eigenvalue weighted by Crippen LogP contribution is -2.24. The van der Waals surface area contributed by atoms with Crippen molar-refractivity contribution in [1.29, 1.82) is 0 Å². The standard InChI is InChI=1S/C7H8BrF3N2O2S/c1-4(7(9,10)11)13-6(8)5(3-12-13)16(2,14)15/h3-4H,1-2H3. The second-order valence-corrected chi connectivity index (χ2v) is 5.97. The molecule has 0 aliphatic rings. The van der Waals surface area contributed by atoms with Gasteiger partial charge in [0.25, 0.3) is 0 Å². The third-order valence-corrected chi connectivity index (χ3v) is 4.09. The van der Waals surface area contributed by atoms with E-state index in [0.29, 0.717) is 4.68 Å². The summed E-state index contributed by atoms with van der Waals surface area (Å²) < 4.78 is 59.9. The molecule has 0 bridgehead atoms. The van der Waals surface area contributed by atoms with Gasteiger partial charge in [-0.1, -0.05) is 0 Å². The summed E-state index contributed by atoms with van der Waals surface area (Å²) in [5.41, 5.74) is 0. The number of hydrogen-bond donors (Lipinski definition) is 0. The van der Waals surface area contributed by atoms with Crippen LogP contribution in [-0.2, 0) is 9.84 Å². The Morgan fingerprint density at radius 1 is 1.50 bits per heavy atom. The molecule has 0 saturated heterocycles. The summed E-state index contributed by atoms with van der Waals surface area (Å²) >= 11 is 2.80. The van der Waals surface area contributed by atoms with Gasteiger partial charge in [0.1, 0.15) is 15.5 Å². The maximum Gasteiger partial charge on any atom is 0.410 e. The second-order valence-electron chi connectivity index (χ2n) is 3.23. The lowest BCUT2D eigenvalue weighted by Gasteiger charge is -2.16. The summed E-state index contributed by atoms with van der Waals surface area (Å²) in [6.45, 7) is 0.893. The Morgan fingerprint density at radius 3 is 2.31 bits per heavy atom. The van der Waals surface area contributed by atoms with Crippen molar-refractivity contribution in [2.75, 3.05) is 6.26 Å². The van der Waals surface area contributed by atoms with Crippen LogP contribution in [0.2, 0.25) is 0 Å². The van der Waals surface area contributed by atoms with Gasteiger partial charge < -0.3 is 0 Å². The Balaban J connectivity index is 3.26. The summed E-state index contributed by atoms with van der Waals surface area (Å²) in [5, 5.41) is 3.42. The van der Waals surface area contributed by atoms with Gasteiger partial charge in [-0.3, -0.25) is 0 Å². The molecule has 9 heteroatoms. The number of alkyl halides is 3. The molecule has 1 unspecified atom stereocenters. The van der Waals surface area contributed by atoms with Crippen LogP contribution in [0.3, 0.4) is 0 Å². The molecule has 92 valence electrons. The molecular weight excluding hydrogens is 313 g/mol. The highest BCUT2D eigenvalue weighted by atomic mass is 79.9. The lowest BCUT2D eigenvalue weighted by atomic mass is 10.3. The largest absolute Gasteiger partial charge is 0.410 e. The smallest absolute Gasteiger partial charge is 0.245 e. The van der Waals surface area contributed by atoms with Crippen LogP contribution >= 0.6 is 15.9 Å². The Bertz CT molecular complexity index is 494. The molecule has 0 radical (unpaired) electrons. The van der Waals surface area contributed by atoms with Gasteiger partial charge in [-0.25, -0.2) is 13.1 Å². The van der Waals surface area contributed by atoms with Crippen LogP contribution in [0.25, 0.3) is 0 Å². The van der Waals surface area contributed by atoms with Gasteiger partial charge in [0.2, 0.25) is 0 Å². The fourth-order valence-corrected chi connectivity index (χ4v) is 3.01. The Hall–Kier alpha value is -0.570. The van der Waals surface area contributed by atoms with Crippen molar-refractivity contribution < 1.29 is 21.6 Å². The van der Waals surface area contributed by atoms with E-state index in [1.807, 2.05) is 0 Å². The molecule has 1 heterocycles. The molecule has 1 atom stereocenters. The third-order valence-electron chi connectivity index (χ3n) is 1.94.